The molecule has 0 radical (unpaired) electrons. The standard InChI is InChI=1S/C31H36F3N3O4/c1-16(38)25-21-13-22(28(25)31(32,33)34)27-26(21)29(40)36(30(27)41)15-19-12-18(19)14-35-10-8-20(9-11-35)37-23-5-3-2-4-17(23)6-7-24(37)39/h2-7,16,18-22,25-28,38H,8-15H2,1H3/t16?,18-,19-,21?,22?,25?,26?,27?,28?/m1/s1. The summed E-state index contributed by atoms with van der Waals surface area (Å²) < 4.78 is 43.8. The molecule has 3 aliphatic carbocycles. The lowest BCUT2D eigenvalue weighted by Crippen LogP contribution is -2.46. The van der Waals surface area contributed by atoms with E-state index in [1.54, 1.807) is 6.07 Å². The maximum absolute atomic E-state index is 14.0. The van der Waals surface area contributed by atoms with E-state index >= 15 is 0 Å². The van der Waals surface area contributed by atoms with Crippen LogP contribution in [0.25, 0.3) is 10.9 Å². The van der Waals surface area contributed by atoms with Gasteiger partial charge in [0.25, 0.3) is 5.56 Å². The SMILES string of the molecule is CC(O)C1C2CC(C3C(=O)N(C[C@H]4C[C@@H]4CN4CCC(n5c(=O)ccc6ccccc65)CC4)C(=O)C23)C1C(F)(F)F. The predicted molar refractivity (Wildman–Crippen MR) is 145 cm³/mol. The molecule has 41 heavy (non-hydrogen) atoms. The Morgan fingerprint density at radius 1 is 0.902 bits per heavy atom. The fraction of sp³-hybridized carbons (Fsp3) is 0.645. The van der Waals surface area contributed by atoms with Crippen LogP contribution in [0.1, 0.15) is 38.6 Å². The van der Waals surface area contributed by atoms with Gasteiger partial charge in [-0.2, -0.15) is 13.2 Å². The van der Waals surface area contributed by atoms with Crippen molar-refractivity contribution < 1.29 is 27.9 Å². The van der Waals surface area contributed by atoms with E-state index in [1.165, 1.54) is 11.8 Å². The molecule has 5 fully saturated rings. The molecule has 7 rings (SSSR count). The Morgan fingerprint density at radius 3 is 2.24 bits per heavy atom. The Kier molecular flexibility index (Phi) is 6.39. The van der Waals surface area contributed by atoms with Gasteiger partial charge in [-0.05, 0) is 79.7 Å². The second kappa shape index (κ2) is 9.66. The van der Waals surface area contributed by atoms with Crippen molar-refractivity contribution in [1.29, 1.82) is 0 Å². The Hall–Kier alpha value is -2.72. The largest absolute Gasteiger partial charge is 0.393 e. The van der Waals surface area contributed by atoms with Gasteiger partial charge in [0.1, 0.15) is 0 Å². The average Bonchev–Trinajstić information content (AvgIpc) is 3.25. The molecule has 2 aliphatic heterocycles. The van der Waals surface area contributed by atoms with Crippen molar-refractivity contribution in [3.63, 3.8) is 0 Å². The quantitative estimate of drug-likeness (QED) is 0.535. The van der Waals surface area contributed by atoms with Gasteiger partial charge in [0.15, 0.2) is 0 Å². The molecule has 2 aromatic rings. The van der Waals surface area contributed by atoms with Crippen LogP contribution in [0.15, 0.2) is 41.2 Å². The minimum absolute atomic E-state index is 0.0175. The van der Waals surface area contributed by atoms with Gasteiger partial charge in [-0.25, -0.2) is 0 Å². The van der Waals surface area contributed by atoms with E-state index in [9.17, 15) is 32.7 Å². The van der Waals surface area contributed by atoms with E-state index in [-0.39, 0.29) is 36.4 Å². The Balaban J connectivity index is 0.965. The number of alkyl halides is 3. The normalized spacial score (nSPS) is 36.4. The molecule has 1 aromatic heterocycles. The number of aromatic nitrogens is 1. The fourth-order valence-electron chi connectivity index (χ4n) is 9.17. The molecule has 0 spiro atoms. The molecule has 1 N–H and O–H groups in total. The molecule has 10 heteroatoms. The van der Waals surface area contributed by atoms with E-state index < -0.39 is 53.7 Å². The minimum atomic E-state index is -4.50. The summed E-state index contributed by atoms with van der Waals surface area (Å²) in [4.78, 5) is 43.1. The molecule has 7 nitrogen and oxygen atoms in total. The molecular formula is C31H36F3N3O4. The summed E-state index contributed by atoms with van der Waals surface area (Å²) in [6, 6.07) is 11.6. The van der Waals surface area contributed by atoms with Crippen molar-refractivity contribution in [1.82, 2.24) is 14.4 Å². The molecule has 1 aromatic carbocycles. The topological polar surface area (TPSA) is 82.8 Å². The first-order valence-electron chi connectivity index (χ1n) is 15.0. The van der Waals surface area contributed by atoms with Crippen LogP contribution in [-0.2, 0) is 9.59 Å². The van der Waals surface area contributed by atoms with Crippen molar-refractivity contribution in [2.24, 2.45) is 47.3 Å². The van der Waals surface area contributed by atoms with Crippen LogP contribution in [0.3, 0.4) is 0 Å². The second-order valence-electron chi connectivity index (χ2n) is 13.2. The van der Waals surface area contributed by atoms with Gasteiger partial charge in [0.05, 0.1) is 29.4 Å². The lowest BCUT2D eigenvalue weighted by molar-refractivity contribution is -0.217. The first-order chi connectivity index (χ1) is 19.5. The molecular weight excluding hydrogens is 535 g/mol. The summed E-state index contributed by atoms with van der Waals surface area (Å²) in [5.41, 5.74) is 0.976. The summed E-state index contributed by atoms with van der Waals surface area (Å²) in [7, 11) is 0. The number of carbonyl (C=O) groups excluding carboxylic acids is 2. The van der Waals surface area contributed by atoms with Gasteiger partial charge in [-0.1, -0.05) is 18.2 Å². The van der Waals surface area contributed by atoms with E-state index in [2.05, 4.69) is 4.90 Å². The molecule has 3 heterocycles. The van der Waals surface area contributed by atoms with Gasteiger partial charge in [-0.3, -0.25) is 19.3 Å². The number of para-hydroxylation sites is 1. The molecule has 2 saturated heterocycles. The lowest BCUT2D eigenvalue weighted by Gasteiger charge is -2.38. The number of hydrogen-bond acceptors (Lipinski definition) is 5. The fourth-order valence-corrected chi connectivity index (χ4v) is 9.17. The number of piperidine rings is 1. The zero-order valence-electron chi connectivity index (χ0n) is 23.0. The number of imide groups is 1. The van der Waals surface area contributed by atoms with Crippen LogP contribution in [0, 0.1) is 47.3 Å². The summed E-state index contributed by atoms with van der Waals surface area (Å²) in [5.74, 6) is -6.14. The highest BCUT2D eigenvalue weighted by Gasteiger charge is 2.72. The van der Waals surface area contributed by atoms with E-state index in [4.69, 9.17) is 0 Å². The number of fused-ring (bicyclic) bond motifs is 6. The Labute approximate surface area is 236 Å². The molecule has 9 atom stereocenters. The Morgan fingerprint density at radius 2 is 1.56 bits per heavy atom. The van der Waals surface area contributed by atoms with Crippen molar-refractivity contribution in [3.8, 4) is 0 Å². The smallest absolute Gasteiger partial charge is 0.392 e. The summed E-state index contributed by atoms with van der Waals surface area (Å²) >= 11 is 0. The molecule has 220 valence electrons. The number of halogens is 3. The van der Waals surface area contributed by atoms with Crippen LogP contribution in [-0.4, -0.2) is 69.7 Å². The zero-order valence-corrected chi connectivity index (χ0v) is 23.0. The zero-order chi connectivity index (χ0) is 28.8. The van der Waals surface area contributed by atoms with Crippen LogP contribution in [0.2, 0.25) is 0 Å². The van der Waals surface area contributed by atoms with Gasteiger partial charge >= 0.3 is 6.18 Å². The number of likely N-dealkylation sites (tertiary alicyclic amines) is 2. The summed E-state index contributed by atoms with van der Waals surface area (Å²) in [5, 5.41) is 11.3. The van der Waals surface area contributed by atoms with Crippen LogP contribution >= 0.6 is 0 Å². The highest BCUT2D eigenvalue weighted by molar-refractivity contribution is 6.06. The highest BCUT2D eigenvalue weighted by Crippen LogP contribution is 2.65. The maximum Gasteiger partial charge on any atom is 0.392 e. The van der Waals surface area contributed by atoms with Gasteiger partial charge in [0.2, 0.25) is 11.8 Å². The number of hydrogen-bond donors (Lipinski definition) is 1. The minimum Gasteiger partial charge on any atom is -0.393 e. The average molecular weight is 572 g/mol. The summed E-state index contributed by atoms with van der Waals surface area (Å²) in [6.07, 6.45) is -2.86. The third-order valence-corrected chi connectivity index (χ3v) is 11.0. The van der Waals surface area contributed by atoms with E-state index in [0.717, 1.165) is 49.8 Å². The number of aliphatic hydroxyl groups is 1. The number of rotatable bonds is 6. The van der Waals surface area contributed by atoms with Gasteiger partial charge in [0, 0.05) is 38.3 Å². The summed E-state index contributed by atoms with van der Waals surface area (Å²) in [6.45, 7) is 4.23. The number of benzene rings is 1. The molecule has 2 amide bonds. The molecule has 5 aliphatic rings. The number of nitrogens with zero attached hydrogens (tertiary/aromatic N) is 3. The van der Waals surface area contributed by atoms with Crippen molar-refractivity contribution in [3.05, 3.63) is 46.8 Å². The van der Waals surface area contributed by atoms with Crippen molar-refractivity contribution in [2.45, 2.75) is 50.9 Å². The predicted octanol–water partition coefficient (Wildman–Crippen LogP) is 3.70. The monoisotopic (exact) mass is 571 g/mol. The van der Waals surface area contributed by atoms with E-state index in [1.807, 2.05) is 34.9 Å². The third-order valence-electron chi connectivity index (χ3n) is 11.0. The highest BCUT2D eigenvalue weighted by atomic mass is 19.4. The first kappa shape index (κ1) is 27.1. The number of carbonyl (C=O) groups is 2. The lowest BCUT2D eigenvalue weighted by atomic mass is 9.67. The third kappa shape index (κ3) is 4.35. The van der Waals surface area contributed by atoms with Gasteiger partial charge in [-0.15, -0.1) is 0 Å². The number of aliphatic hydroxyl groups excluding tert-OH is 1. The first-order valence-corrected chi connectivity index (χ1v) is 15.0. The van der Waals surface area contributed by atoms with Crippen LogP contribution < -0.4 is 5.56 Å². The second-order valence-corrected chi connectivity index (χ2v) is 13.2. The number of pyridine rings is 1. The van der Waals surface area contributed by atoms with Gasteiger partial charge < -0.3 is 14.6 Å². The molecule has 7 unspecified atom stereocenters. The van der Waals surface area contributed by atoms with Crippen molar-refractivity contribution >= 4 is 22.7 Å². The van der Waals surface area contributed by atoms with Crippen LogP contribution in [0.5, 0.6) is 0 Å². The molecule has 2 bridgehead atoms. The maximum atomic E-state index is 14.0. The Bertz CT molecular complexity index is 1430. The van der Waals surface area contributed by atoms with Crippen molar-refractivity contribution in [2.75, 3.05) is 26.2 Å². The number of amides is 2. The van der Waals surface area contributed by atoms with E-state index in [0.29, 0.717) is 5.92 Å². The van der Waals surface area contributed by atoms with Crippen LogP contribution in [0.4, 0.5) is 13.2 Å². The molecule has 3 saturated carbocycles.